The van der Waals surface area contributed by atoms with Crippen LogP contribution in [0, 0.1) is 11.3 Å². The maximum Gasteiger partial charge on any atom is 0.339 e. The van der Waals surface area contributed by atoms with Gasteiger partial charge in [0.15, 0.2) is 0 Å². The Morgan fingerprint density at radius 2 is 2.04 bits per heavy atom. The summed E-state index contributed by atoms with van der Waals surface area (Å²) in [5, 5.41) is 4.46. The molecule has 2 aromatic heterocycles. The molecule has 0 amide bonds. The number of thiophene rings is 1. The van der Waals surface area contributed by atoms with Crippen LogP contribution < -0.4 is 5.32 Å². The number of hydrogen-bond donors (Lipinski definition) is 1. The predicted octanol–water partition coefficient (Wildman–Crippen LogP) is 5.37. The van der Waals surface area contributed by atoms with Gasteiger partial charge >= 0.3 is 5.97 Å². The molecule has 1 aliphatic carbocycles. The van der Waals surface area contributed by atoms with E-state index in [1.807, 2.05) is 18.2 Å². The molecule has 4 rings (SSSR count). The average Bonchev–Trinajstić information content (AvgIpc) is 3.06. The van der Waals surface area contributed by atoms with E-state index < -0.39 is 0 Å². The van der Waals surface area contributed by atoms with Gasteiger partial charge in [0.2, 0.25) is 0 Å². The van der Waals surface area contributed by atoms with Crippen LogP contribution in [0.15, 0.2) is 30.6 Å². The molecule has 1 N–H and O–H groups in total. The first-order chi connectivity index (χ1) is 13.4. The lowest BCUT2D eigenvalue weighted by Gasteiger charge is -2.33. The molecule has 1 aliphatic rings. The van der Waals surface area contributed by atoms with Crippen LogP contribution in [0.2, 0.25) is 0 Å². The number of carbonyl (C=O) groups is 1. The van der Waals surface area contributed by atoms with Crippen molar-refractivity contribution < 1.29 is 9.53 Å². The van der Waals surface area contributed by atoms with Gasteiger partial charge in [-0.3, -0.25) is 0 Å². The van der Waals surface area contributed by atoms with E-state index in [2.05, 4.69) is 36.1 Å². The molecular formula is C22H25N3O2S. The Balaban J connectivity index is 1.75. The number of esters is 1. The third kappa shape index (κ3) is 3.37. The van der Waals surface area contributed by atoms with Crippen molar-refractivity contribution in [3.63, 3.8) is 0 Å². The van der Waals surface area contributed by atoms with Gasteiger partial charge in [-0.25, -0.2) is 14.8 Å². The second kappa shape index (κ2) is 7.17. The Hall–Kier alpha value is -2.47. The smallest absolute Gasteiger partial charge is 0.339 e. The summed E-state index contributed by atoms with van der Waals surface area (Å²) in [5.74, 6) is 1.07. The van der Waals surface area contributed by atoms with Crippen LogP contribution in [-0.4, -0.2) is 23.0 Å². The highest BCUT2D eigenvalue weighted by Gasteiger charge is 2.31. The Morgan fingerprint density at radius 1 is 1.25 bits per heavy atom. The molecule has 28 heavy (non-hydrogen) atoms. The molecule has 3 aromatic rings. The molecule has 1 aromatic carbocycles. The number of fused-ring (bicyclic) bond motifs is 3. The normalized spacial score (nSPS) is 16.6. The standard InChI is InChI=1S/C22H25N3O2S/c1-22(2,3)13-9-10-15-17(11-13)28-20-18(15)19(23-12-24-20)25-16-8-6-5-7-14(16)21(26)27-4/h5-8,12-13H,9-11H2,1-4H3,(H,23,24,25). The summed E-state index contributed by atoms with van der Waals surface area (Å²) < 4.78 is 4.91. The minimum absolute atomic E-state index is 0.306. The number of anilines is 2. The number of ether oxygens (including phenoxy) is 1. The Morgan fingerprint density at radius 3 is 2.79 bits per heavy atom. The number of rotatable bonds is 3. The molecule has 0 aliphatic heterocycles. The molecule has 1 atom stereocenters. The molecule has 0 spiro atoms. The summed E-state index contributed by atoms with van der Waals surface area (Å²) in [7, 11) is 1.39. The van der Waals surface area contributed by atoms with E-state index in [9.17, 15) is 4.79 Å². The van der Waals surface area contributed by atoms with E-state index in [-0.39, 0.29) is 5.97 Å². The van der Waals surface area contributed by atoms with Crippen molar-refractivity contribution in [3.05, 3.63) is 46.6 Å². The number of nitrogens with zero attached hydrogens (tertiary/aromatic N) is 2. The van der Waals surface area contributed by atoms with Crippen molar-refractivity contribution in [3.8, 4) is 0 Å². The van der Waals surface area contributed by atoms with Crippen molar-refractivity contribution in [1.82, 2.24) is 9.97 Å². The van der Waals surface area contributed by atoms with Crippen LogP contribution in [0.25, 0.3) is 10.2 Å². The maximum absolute atomic E-state index is 12.1. The number of benzene rings is 1. The first kappa shape index (κ1) is 18.9. The molecular weight excluding hydrogens is 370 g/mol. The number of hydrogen-bond acceptors (Lipinski definition) is 6. The molecule has 5 nitrogen and oxygen atoms in total. The highest BCUT2D eigenvalue weighted by molar-refractivity contribution is 7.19. The topological polar surface area (TPSA) is 64.1 Å². The summed E-state index contributed by atoms with van der Waals surface area (Å²) in [6.07, 6.45) is 4.90. The van der Waals surface area contributed by atoms with Crippen LogP contribution >= 0.6 is 11.3 Å². The van der Waals surface area contributed by atoms with E-state index in [1.54, 1.807) is 23.7 Å². The number of aryl methyl sites for hydroxylation is 1. The van der Waals surface area contributed by atoms with E-state index in [4.69, 9.17) is 4.74 Å². The van der Waals surface area contributed by atoms with Crippen molar-refractivity contribution in [2.24, 2.45) is 11.3 Å². The molecule has 0 fully saturated rings. The van der Waals surface area contributed by atoms with Crippen molar-refractivity contribution in [2.45, 2.75) is 40.0 Å². The van der Waals surface area contributed by atoms with Gasteiger partial charge in [0, 0.05) is 4.88 Å². The third-order valence-electron chi connectivity index (χ3n) is 5.66. The average molecular weight is 396 g/mol. The molecule has 0 radical (unpaired) electrons. The van der Waals surface area contributed by atoms with Gasteiger partial charge in [-0.05, 0) is 48.3 Å². The van der Waals surface area contributed by atoms with Gasteiger partial charge in [-0.1, -0.05) is 32.9 Å². The van der Waals surface area contributed by atoms with Crippen LogP contribution in [-0.2, 0) is 17.6 Å². The van der Waals surface area contributed by atoms with Gasteiger partial charge < -0.3 is 10.1 Å². The third-order valence-corrected chi connectivity index (χ3v) is 6.82. The predicted molar refractivity (Wildman–Crippen MR) is 113 cm³/mol. The van der Waals surface area contributed by atoms with E-state index in [1.165, 1.54) is 24.0 Å². The number of para-hydroxylation sites is 1. The monoisotopic (exact) mass is 395 g/mol. The highest BCUT2D eigenvalue weighted by atomic mass is 32.1. The summed E-state index contributed by atoms with van der Waals surface area (Å²) in [5.41, 5.74) is 2.85. The lowest BCUT2D eigenvalue weighted by atomic mass is 9.72. The number of nitrogens with one attached hydrogen (secondary N) is 1. The van der Waals surface area contributed by atoms with E-state index in [0.29, 0.717) is 22.6 Å². The minimum atomic E-state index is -0.367. The number of aromatic nitrogens is 2. The second-order valence-corrected chi connectivity index (χ2v) is 9.46. The minimum Gasteiger partial charge on any atom is -0.465 e. The number of methoxy groups -OCH3 is 1. The zero-order chi connectivity index (χ0) is 19.9. The first-order valence-electron chi connectivity index (χ1n) is 9.58. The van der Waals surface area contributed by atoms with Crippen LogP contribution in [0.1, 0.15) is 48.0 Å². The Bertz CT molecular complexity index is 1040. The van der Waals surface area contributed by atoms with Crippen LogP contribution in [0.3, 0.4) is 0 Å². The molecule has 1 unspecified atom stereocenters. The largest absolute Gasteiger partial charge is 0.465 e. The zero-order valence-electron chi connectivity index (χ0n) is 16.7. The van der Waals surface area contributed by atoms with Gasteiger partial charge in [-0.2, -0.15) is 0 Å². The SMILES string of the molecule is COC(=O)c1ccccc1Nc1ncnc2sc3c(c12)CCC(C(C)(C)C)C3. The van der Waals surface area contributed by atoms with Crippen molar-refractivity contribution >= 4 is 39.0 Å². The lowest BCUT2D eigenvalue weighted by Crippen LogP contribution is -2.26. The zero-order valence-corrected chi connectivity index (χ0v) is 17.5. The van der Waals surface area contributed by atoms with Crippen LogP contribution in [0.4, 0.5) is 11.5 Å². The van der Waals surface area contributed by atoms with E-state index >= 15 is 0 Å². The first-order valence-corrected chi connectivity index (χ1v) is 10.4. The van der Waals surface area contributed by atoms with Gasteiger partial charge in [0.25, 0.3) is 0 Å². The molecule has 0 saturated carbocycles. The van der Waals surface area contributed by atoms with E-state index in [0.717, 1.165) is 28.9 Å². The number of carbonyl (C=O) groups excluding carboxylic acids is 1. The summed E-state index contributed by atoms with van der Waals surface area (Å²) in [6, 6.07) is 7.34. The lowest BCUT2D eigenvalue weighted by molar-refractivity contribution is 0.0602. The highest BCUT2D eigenvalue weighted by Crippen LogP contribution is 2.44. The molecule has 0 bridgehead atoms. The molecule has 146 valence electrons. The molecule has 2 heterocycles. The summed E-state index contributed by atoms with van der Waals surface area (Å²) in [4.78, 5) is 23.6. The second-order valence-electron chi connectivity index (χ2n) is 8.37. The van der Waals surface area contributed by atoms with Crippen LogP contribution in [0.5, 0.6) is 0 Å². The summed E-state index contributed by atoms with van der Waals surface area (Å²) >= 11 is 1.78. The quantitative estimate of drug-likeness (QED) is 0.604. The Kier molecular flexibility index (Phi) is 4.83. The van der Waals surface area contributed by atoms with Gasteiger partial charge in [0.05, 0.1) is 23.7 Å². The summed E-state index contributed by atoms with van der Waals surface area (Å²) in [6.45, 7) is 6.98. The van der Waals surface area contributed by atoms with Crippen molar-refractivity contribution in [1.29, 1.82) is 0 Å². The Labute approximate surface area is 169 Å². The molecule has 0 saturated heterocycles. The molecule has 6 heteroatoms. The van der Waals surface area contributed by atoms with Crippen molar-refractivity contribution in [2.75, 3.05) is 12.4 Å². The fraction of sp³-hybridized carbons (Fsp3) is 0.409. The maximum atomic E-state index is 12.1. The fourth-order valence-electron chi connectivity index (χ4n) is 3.95. The fourth-order valence-corrected chi connectivity index (χ4v) is 5.22. The van der Waals surface area contributed by atoms with Gasteiger partial charge in [-0.15, -0.1) is 11.3 Å². The van der Waals surface area contributed by atoms with Gasteiger partial charge in [0.1, 0.15) is 17.0 Å².